The molecule has 0 amide bonds. The monoisotopic (exact) mass is 334 g/mol. The third-order valence-electron chi connectivity index (χ3n) is 3.75. The molecule has 0 aromatic heterocycles. The molecule has 2 N–H and O–H groups in total. The summed E-state index contributed by atoms with van der Waals surface area (Å²) in [6, 6.07) is 6.42. The first-order valence-corrected chi connectivity index (χ1v) is 8.46. The predicted molar refractivity (Wildman–Crippen MR) is 101 cm³/mol. The molecule has 4 nitrogen and oxygen atoms in total. The van der Waals surface area contributed by atoms with Gasteiger partial charge in [-0.1, -0.05) is 33.8 Å². The average molecular weight is 334 g/mol. The molecule has 1 rings (SSSR count). The van der Waals surface area contributed by atoms with Crippen LogP contribution in [-0.4, -0.2) is 19.0 Å². The van der Waals surface area contributed by atoms with Gasteiger partial charge in [0.15, 0.2) is 0 Å². The van der Waals surface area contributed by atoms with Crippen LogP contribution in [0.2, 0.25) is 0 Å². The molecule has 0 saturated carbocycles. The van der Waals surface area contributed by atoms with Crippen LogP contribution >= 0.6 is 0 Å². The van der Waals surface area contributed by atoms with Crippen LogP contribution in [-0.2, 0) is 0 Å². The van der Waals surface area contributed by atoms with Gasteiger partial charge in [0.25, 0.3) is 0 Å². The largest absolute Gasteiger partial charge is 0.376 e. The number of nitrogens with zero attached hydrogens (tertiary/aromatic N) is 2. The summed E-state index contributed by atoms with van der Waals surface area (Å²) >= 11 is 0. The number of benzene rings is 1. The maximum Gasteiger partial charge on any atom is 0.123 e. The van der Waals surface area contributed by atoms with Crippen LogP contribution in [0.1, 0.15) is 48.0 Å². The summed E-state index contributed by atoms with van der Waals surface area (Å²) in [5.74, 6) is -0.243. The highest BCUT2D eigenvalue weighted by Gasteiger charge is 2.19. The zero-order chi connectivity index (χ0) is 18.2. The van der Waals surface area contributed by atoms with E-state index in [-0.39, 0.29) is 11.2 Å². The molecule has 0 unspecified atom stereocenters. The number of hydrogen-bond donors (Lipinski definition) is 2. The molecule has 134 valence electrons. The first kappa shape index (κ1) is 20.2. The van der Waals surface area contributed by atoms with Crippen LogP contribution < -0.4 is 15.6 Å². The van der Waals surface area contributed by atoms with E-state index < -0.39 is 0 Å². The van der Waals surface area contributed by atoms with Gasteiger partial charge in [0.1, 0.15) is 5.82 Å². The first-order chi connectivity index (χ1) is 11.3. The molecule has 5 heteroatoms. The Morgan fingerprint density at radius 2 is 1.88 bits per heavy atom. The van der Waals surface area contributed by atoms with E-state index in [2.05, 4.69) is 38.3 Å². The summed E-state index contributed by atoms with van der Waals surface area (Å²) in [5, 5.41) is 13.3. The minimum atomic E-state index is -0.243. The van der Waals surface area contributed by atoms with Gasteiger partial charge in [0, 0.05) is 16.8 Å². The summed E-state index contributed by atoms with van der Waals surface area (Å²) < 4.78 is 13.2. The Labute approximate surface area is 145 Å². The van der Waals surface area contributed by atoms with Crippen molar-refractivity contribution in [2.75, 3.05) is 18.3 Å². The highest BCUT2D eigenvalue weighted by Crippen LogP contribution is 2.21. The van der Waals surface area contributed by atoms with Crippen LogP contribution in [0.15, 0.2) is 41.1 Å². The average Bonchev–Trinajstić information content (AvgIpc) is 2.53. The molecule has 0 atom stereocenters. The molecule has 0 saturated heterocycles. The van der Waals surface area contributed by atoms with Gasteiger partial charge >= 0.3 is 0 Å². The third-order valence-corrected chi connectivity index (χ3v) is 3.75. The van der Waals surface area contributed by atoms with Crippen LogP contribution in [0.5, 0.6) is 0 Å². The van der Waals surface area contributed by atoms with Crippen molar-refractivity contribution in [1.82, 2.24) is 10.6 Å². The van der Waals surface area contributed by atoms with Crippen molar-refractivity contribution in [2.24, 2.45) is 10.5 Å². The number of nitrogens with one attached hydrogen (secondary N) is 2. The Hall–Kier alpha value is -1.88. The number of allylic oxidation sites excluding steroid dienone is 2. The van der Waals surface area contributed by atoms with Crippen molar-refractivity contribution in [2.45, 2.75) is 48.0 Å². The van der Waals surface area contributed by atoms with E-state index in [1.807, 2.05) is 24.9 Å². The van der Waals surface area contributed by atoms with Gasteiger partial charge in [-0.2, -0.15) is 5.10 Å². The Morgan fingerprint density at radius 1 is 1.25 bits per heavy atom. The summed E-state index contributed by atoms with van der Waals surface area (Å²) in [7, 11) is 0. The van der Waals surface area contributed by atoms with E-state index in [1.54, 1.807) is 12.1 Å². The highest BCUT2D eigenvalue weighted by molar-refractivity contribution is 5.89. The van der Waals surface area contributed by atoms with Crippen LogP contribution in [0.3, 0.4) is 0 Å². The molecule has 1 aromatic rings. The van der Waals surface area contributed by atoms with Crippen molar-refractivity contribution in [3.8, 4) is 0 Å². The van der Waals surface area contributed by atoms with Crippen molar-refractivity contribution in [1.29, 1.82) is 0 Å². The Kier molecular flexibility index (Phi) is 7.92. The lowest BCUT2D eigenvalue weighted by molar-refractivity contribution is 0.565. The molecular formula is C19H31FN4. The molecule has 0 spiro atoms. The lowest BCUT2D eigenvalue weighted by Crippen LogP contribution is -2.37. The Balaban J connectivity index is 2.91. The molecule has 0 radical (unpaired) electrons. The quantitative estimate of drug-likeness (QED) is 0.319. The van der Waals surface area contributed by atoms with Gasteiger partial charge in [-0.05, 0) is 44.5 Å². The van der Waals surface area contributed by atoms with E-state index >= 15 is 0 Å². The molecule has 1 aromatic carbocycles. The zero-order valence-electron chi connectivity index (χ0n) is 15.8. The number of rotatable bonds is 8. The van der Waals surface area contributed by atoms with Crippen molar-refractivity contribution >= 4 is 11.4 Å². The minimum absolute atomic E-state index is 0.00713. The summed E-state index contributed by atoms with van der Waals surface area (Å²) in [6.07, 6.45) is 2.89. The van der Waals surface area contributed by atoms with E-state index in [0.29, 0.717) is 13.3 Å². The Morgan fingerprint density at radius 3 is 2.38 bits per heavy atom. The van der Waals surface area contributed by atoms with E-state index in [4.69, 9.17) is 5.10 Å². The van der Waals surface area contributed by atoms with Crippen LogP contribution in [0.4, 0.5) is 10.1 Å². The molecular weight excluding hydrogens is 303 g/mol. The number of halogens is 1. The predicted octanol–water partition coefficient (Wildman–Crippen LogP) is 4.46. The second-order valence-electron chi connectivity index (χ2n) is 6.76. The topological polar surface area (TPSA) is 39.7 Å². The number of anilines is 1. The number of hydrogen-bond acceptors (Lipinski definition) is 4. The van der Waals surface area contributed by atoms with E-state index in [1.165, 1.54) is 12.1 Å². The van der Waals surface area contributed by atoms with Gasteiger partial charge in [0.05, 0.1) is 19.0 Å². The zero-order valence-corrected chi connectivity index (χ0v) is 15.8. The first-order valence-electron chi connectivity index (χ1n) is 8.46. The van der Waals surface area contributed by atoms with Crippen molar-refractivity contribution in [3.63, 3.8) is 0 Å². The van der Waals surface area contributed by atoms with Gasteiger partial charge in [0.2, 0.25) is 0 Å². The summed E-state index contributed by atoms with van der Waals surface area (Å²) in [5.41, 5.74) is 3.07. The fourth-order valence-corrected chi connectivity index (χ4v) is 2.16. The molecule has 0 bridgehead atoms. The number of hydrazone groups is 1. The second-order valence-corrected chi connectivity index (χ2v) is 6.76. The molecule has 24 heavy (non-hydrogen) atoms. The highest BCUT2D eigenvalue weighted by atomic mass is 19.1. The van der Waals surface area contributed by atoms with Gasteiger partial charge in [-0.15, -0.1) is 0 Å². The summed E-state index contributed by atoms with van der Waals surface area (Å²) in [4.78, 5) is 0. The Bertz CT molecular complexity index is 556. The standard InChI is InChI=1S/C19H31FN4/c1-7-15(3)22-13-21-14-24(17-11-9-16(20)10-12-17)23-18(8-2)19(4,5)6/h7,9-12,21-22H,8,13-14H2,1-6H3/b15-7+,23-18+. The SMILES string of the molecule is C/C=C(\C)NCNCN(/N=C(\CC)C(C)(C)C)c1ccc(F)cc1. The van der Waals surface area contributed by atoms with Crippen LogP contribution in [0.25, 0.3) is 0 Å². The molecule has 0 aliphatic carbocycles. The van der Waals surface area contributed by atoms with Crippen LogP contribution in [0, 0.1) is 11.2 Å². The maximum atomic E-state index is 13.2. The maximum absolute atomic E-state index is 13.2. The molecule has 0 aliphatic heterocycles. The minimum Gasteiger partial charge on any atom is -0.376 e. The van der Waals surface area contributed by atoms with E-state index in [9.17, 15) is 4.39 Å². The molecule has 0 heterocycles. The fourth-order valence-electron chi connectivity index (χ4n) is 2.16. The van der Waals surface area contributed by atoms with Crippen molar-refractivity contribution in [3.05, 3.63) is 41.9 Å². The lowest BCUT2D eigenvalue weighted by Gasteiger charge is -2.26. The normalized spacial score (nSPS) is 13.1. The van der Waals surface area contributed by atoms with Gasteiger partial charge in [-0.25, -0.2) is 4.39 Å². The van der Waals surface area contributed by atoms with Gasteiger partial charge < -0.3 is 5.32 Å². The molecule has 0 aliphatic rings. The third kappa shape index (κ3) is 6.71. The second kappa shape index (κ2) is 9.42. The van der Waals surface area contributed by atoms with Gasteiger partial charge in [-0.3, -0.25) is 10.3 Å². The lowest BCUT2D eigenvalue weighted by atomic mass is 9.88. The summed E-state index contributed by atoms with van der Waals surface area (Å²) in [6.45, 7) is 13.8. The van der Waals surface area contributed by atoms with E-state index in [0.717, 1.165) is 23.5 Å². The van der Waals surface area contributed by atoms with Crippen molar-refractivity contribution < 1.29 is 4.39 Å². The molecule has 0 fully saturated rings. The fraction of sp³-hybridized carbons (Fsp3) is 0.526. The smallest absolute Gasteiger partial charge is 0.123 e.